The number of hydrogen-bond acceptors (Lipinski definition) is 3. The highest BCUT2D eigenvalue weighted by Gasteiger charge is 2.11. The fourth-order valence-electron chi connectivity index (χ4n) is 2.06. The zero-order valence-corrected chi connectivity index (χ0v) is 15.3. The smallest absolute Gasteiger partial charge is 0.243 e. The molecule has 24 heavy (non-hydrogen) atoms. The van der Waals surface area contributed by atoms with Gasteiger partial charge in [0, 0.05) is 15.1 Å². The summed E-state index contributed by atoms with van der Waals surface area (Å²) in [6.45, 7) is -0.122. The first-order valence-electron chi connectivity index (χ1n) is 7.13. The van der Waals surface area contributed by atoms with Crippen molar-refractivity contribution in [3.63, 3.8) is 0 Å². The Hall–Kier alpha value is -2.05. The Morgan fingerprint density at radius 1 is 1.17 bits per heavy atom. The van der Waals surface area contributed by atoms with E-state index >= 15 is 0 Å². The zero-order chi connectivity index (χ0) is 17.5. The third-order valence-corrected chi connectivity index (χ3v) is 4.11. The third kappa shape index (κ3) is 5.25. The van der Waals surface area contributed by atoms with Gasteiger partial charge in [0.1, 0.15) is 5.75 Å². The Labute approximate surface area is 153 Å². The van der Waals surface area contributed by atoms with Gasteiger partial charge in [0.25, 0.3) is 0 Å². The summed E-state index contributed by atoms with van der Waals surface area (Å²) in [5, 5.41) is 5.81. The Balaban J connectivity index is 1.88. The Kier molecular flexibility index (Phi) is 6.63. The third-order valence-electron chi connectivity index (χ3n) is 3.19. The molecule has 2 N–H and O–H groups in total. The number of halogens is 2. The number of amides is 2. The van der Waals surface area contributed by atoms with Gasteiger partial charge in [-0.05, 0) is 46.3 Å². The summed E-state index contributed by atoms with van der Waals surface area (Å²) in [5.41, 5.74) is 1.31. The topological polar surface area (TPSA) is 67.4 Å². The molecule has 0 unspecified atom stereocenters. The van der Waals surface area contributed by atoms with Crippen LogP contribution in [0.25, 0.3) is 0 Å². The van der Waals surface area contributed by atoms with Crippen molar-refractivity contribution in [1.29, 1.82) is 0 Å². The van der Waals surface area contributed by atoms with E-state index in [1.54, 1.807) is 24.3 Å². The molecule has 2 aromatic carbocycles. The van der Waals surface area contributed by atoms with Gasteiger partial charge in [0.15, 0.2) is 0 Å². The molecule has 0 aliphatic rings. The second-order valence-electron chi connectivity index (χ2n) is 4.94. The van der Waals surface area contributed by atoms with Gasteiger partial charge >= 0.3 is 0 Å². The fourth-order valence-corrected chi connectivity index (χ4v) is 2.64. The van der Waals surface area contributed by atoms with Gasteiger partial charge in [-0.25, -0.2) is 0 Å². The molecule has 0 aromatic heterocycles. The Morgan fingerprint density at radius 3 is 2.62 bits per heavy atom. The van der Waals surface area contributed by atoms with Gasteiger partial charge in [0.2, 0.25) is 11.8 Å². The molecule has 0 bridgehead atoms. The van der Waals surface area contributed by atoms with Crippen LogP contribution in [0.5, 0.6) is 5.75 Å². The molecule has 0 aliphatic carbocycles. The highest BCUT2D eigenvalue weighted by molar-refractivity contribution is 9.10. The first-order chi connectivity index (χ1) is 11.5. The Morgan fingerprint density at radius 2 is 1.92 bits per heavy atom. The molecular formula is C17H16BrClN2O3. The number of carbonyl (C=O) groups is 2. The minimum atomic E-state index is -0.312. The average molecular weight is 412 g/mol. The number of carbonyl (C=O) groups excluding carboxylic acids is 2. The van der Waals surface area contributed by atoms with Crippen molar-refractivity contribution < 1.29 is 14.3 Å². The van der Waals surface area contributed by atoms with Crippen molar-refractivity contribution in [2.75, 3.05) is 19.0 Å². The summed E-state index contributed by atoms with van der Waals surface area (Å²) in [5.74, 6) is -0.0293. The summed E-state index contributed by atoms with van der Waals surface area (Å²) >= 11 is 9.28. The largest absolute Gasteiger partial charge is 0.496 e. The lowest BCUT2D eigenvalue weighted by Crippen LogP contribution is -2.33. The number of methoxy groups -OCH3 is 1. The molecule has 126 valence electrons. The van der Waals surface area contributed by atoms with Crippen molar-refractivity contribution in [1.82, 2.24) is 5.32 Å². The van der Waals surface area contributed by atoms with Crippen LogP contribution in [0.1, 0.15) is 5.56 Å². The summed E-state index contributed by atoms with van der Waals surface area (Å²) in [6, 6.07) is 12.3. The summed E-state index contributed by atoms with van der Waals surface area (Å²) in [7, 11) is 1.52. The number of anilines is 1. The molecule has 7 heteroatoms. The molecule has 0 saturated carbocycles. The van der Waals surface area contributed by atoms with Crippen molar-refractivity contribution in [3.05, 3.63) is 57.5 Å². The maximum Gasteiger partial charge on any atom is 0.243 e. The fraction of sp³-hybridized carbons (Fsp3) is 0.176. The first-order valence-corrected chi connectivity index (χ1v) is 8.30. The van der Waals surface area contributed by atoms with Crippen molar-refractivity contribution in [2.45, 2.75) is 6.42 Å². The molecule has 0 atom stereocenters. The number of rotatable bonds is 6. The lowest BCUT2D eigenvalue weighted by Gasteiger charge is -2.10. The second-order valence-corrected chi connectivity index (χ2v) is 6.23. The van der Waals surface area contributed by atoms with Gasteiger partial charge in [-0.2, -0.15) is 0 Å². The minimum Gasteiger partial charge on any atom is -0.496 e. The lowest BCUT2D eigenvalue weighted by atomic mass is 10.1. The van der Waals surface area contributed by atoms with E-state index in [1.807, 2.05) is 18.2 Å². The SMILES string of the molecule is COc1ccc(Cl)cc1CC(=O)NCC(=O)Nc1ccccc1Br. The predicted molar refractivity (Wildman–Crippen MR) is 97.5 cm³/mol. The molecule has 0 fully saturated rings. The second kappa shape index (κ2) is 8.70. The number of hydrogen-bond donors (Lipinski definition) is 2. The first kappa shape index (κ1) is 18.3. The van der Waals surface area contributed by atoms with Crippen LogP contribution in [0.2, 0.25) is 5.02 Å². The monoisotopic (exact) mass is 410 g/mol. The molecule has 5 nitrogen and oxygen atoms in total. The maximum absolute atomic E-state index is 12.0. The van der Waals surface area contributed by atoms with Crippen LogP contribution in [0.3, 0.4) is 0 Å². The Bertz CT molecular complexity index is 752. The average Bonchev–Trinajstić information content (AvgIpc) is 2.55. The van der Waals surface area contributed by atoms with Crippen LogP contribution in [0.4, 0.5) is 5.69 Å². The molecule has 2 rings (SSSR count). The van der Waals surface area contributed by atoms with E-state index in [0.717, 1.165) is 4.47 Å². The van der Waals surface area contributed by atoms with Gasteiger partial charge in [0.05, 0.1) is 25.8 Å². The summed E-state index contributed by atoms with van der Waals surface area (Å²) in [4.78, 5) is 23.9. The van der Waals surface area contributed by atoms with E-state index in [0.29, 0.717) is 22.0 Å². The minimum absolute atomic E-state index is 0.0754. The van der Waals surface area contributed by atoms with E-state index in [9.17, 15) is 9.59 Å². The predicted octanol–water partition coefficient (Wildman–Crippen LogP) is 3.41. The van der Waals surface area contributed by atoms with E-state index < -0.39 is 0 Å². The summed E-state index contributed by atoms with van der Waals surface area (Å²) in [6.07, 6.45) is 0.0754. The number of ether oxygens (including phenoxy) is 1. The molecular weight excluding hydrogens is 396 g/mol. The van der Waals surface area contributed by atoms with Crippen LogP contribution < -0.4 is 15.4 Å². The molecule has 0 radical (unpaired) electrons. The van der Waals surface area contributed by atoms with Crippen molar-refractivity contribution >= 4 is 45.0 Å². The maximum atomic E-state index is 12.0. The number of nitrogens with one attached hydrogen (secondary N) is 2. The zero-order valence-electron chi connectivity index (χ0n) is 12.9. The van der Waals surface area contributed by atoms with E-state index in [-0.39, 0.29) is 24.8 Å². The molecule has 2 aromatic rings. The molecule has 0 heterocycles. The van der Waals surface area contributed by atoms with E-state index in [4.69, 9.17) is 16.3 Å². The normalized spacial score (nSPS) is 10.1. The molecule has 2 amide bonds. The van der Waals surface area contributed by atoms with E-state index in [2.05, 4.69) is 26.6 Å². The molecule has 0 spiro atoms. The van der Waals surface area contributed by atoms with Crippen LogP contribution in [-0.4, -0.2) is 25.5 Å². The van der Waals surface area contributed by atoms with Gasteiger partial charge in [-0.1, -0.05) is 23.7 Å². The number of benzene rings is 2. The van der Waals surface area contributed by atoms with Crippen molar-refractivity contribution in [3.8, 4) is 5.75 Å². The molecule has 0 saturated heterocycles. The van der Waals surface area contributed by atoms with E-state index in [1.165, 1.54) is 7.11 Å². The highest BCUT2D eigenvalue weighted by Crippen LogP contribution is 2.23. The van der Waals surface area contributed by atoms with Crippen LogP contribution in [0, 0.1) is 0 Å². The number of para-hydroxylation sites is 1. The van der Waals surface area contributed by atoms with Crippen LogP contribution in [-0.2, 0) is 16.0 Å². The standard InChI is InChI=1S/C17H16BrClN2O3/c1-24-15-7-6-12(19)8-11(15)9-16(22)20-10-17(23)21-14-5-3-2-4-13(14)18/h2-8H,9-10H2,1H3,(H,20,22)(H,21,23). The van der Waals surface area contributed by atoms with Gasteiger partial charge in [-0.15, -0.1) is 0 Å². The lowest BCUT2D eigenvalue weighted by molar-refractivity contribution is -0.123. The summed E-state index contributed by atoms with van der Waals surface area (Å²) < 4.78 is 5.97. The van der Waals surface area contributed by atoms with Crippen LogP contribution in [0.15, 0.2) is 46.9 Å². The van der Waals surface area contributed by atoms with Gasteiger partial charge in [-0.3, -0.25) is 9.59 Å². The molecule has 0 aliphatic heterocycles. The highest BCUT2D eigenvalue weighted by atomic mass is 79.9. The quantitative estimate of drug-likeness (QED) is 0.765. The van der Waals surface area contributed by atoms with Crippen molar-refractivity contribution in [2.24, 2.45) is 0 Å². The van der Waals surface area contributed by atoms with Gasteiger partial charge < -0.3 is 15.4 Å². The van der Waals surface area contributed by atoms with Crippen LogP contribution >= 0.6 is 27.5 Å².